The molecule has 0 atom stereocenters. The fourth-order valence-corrected chi connectivity index (χ4v) is 3.94. The van der Waals surface area contributed by atoms with Crippen LogP contribution in [0.1, 0.15) is 26.2 Å². The number of halogens is 2. The number of hydrogen-bond donors (Lipinski definition) is 0. The molecule has 1 aliphatic carbocycles. The minimum atomic E-state index is 0.0792. The van der Waals surface area contributed by atoms with E-state index in [9.17, 15) is 4.79 Å². The van der Waals surface area contributed by atoms with Crippen molar-refractivity contribution >= 4 is 46.5 Å². The van der Waals surface area contributed by atoms with Crippen LogP contribution in [0.2, 0.25) is 10.0 Å². The van der Waals surface area contributed by atoms with E-state index in [1.54, 1.807) is 16.7 Å². The van der Waals surface area contributed by atoms with Gasteiger partial charge in [0.25, 0.3) is 0 Å². The van der Waals surface area contributed by atoms with Gasteiger partial charge in [-0.2, -0.15) is 0 Å². The van der Waals surface area contributed by atoms with Crippen LogP contribution in [0.4, 0.5) is 0 Å². The summed E-state index contributed by atoms with van der Waals surface area (Å²) in [5.74, 6) is 0.381. The number of pyridine rings is 1. The normalized spacial score (nSPS) is 14.3. The molecule has 8 heteroatoms. The van der Waals surface area contributed by atoms with Gasteiger partial charge in [-0.3, -0.25) is 9.20 Å². The van der Waals surface area contributed by atoms with E-state index in [0.717, 1.165) is 25.0 Å². The fourth-order valence-electron chi connectivity index (χ4n) is 2.64. The summed E-state index contributed by atoms with van der Waals surface area (Å²) in [5, 5.41) is 9.69. The highest BCUT2D eigenvalue weighted by molar-refractivity contribution is 7.99. The van der Waals surface area contributed by atoms with Gasteiger partial charge in [0.05, 0.1) is 15.8 Å². The molecule has 2 heterocycles. The Morgan fingerprint density at radius 2 is 2.26 bits per heavy atom. The molecule has 122 valence electrons. The molecule has 0 radical (unpaired) electrons. The summed E-state index contributed by atoms with van der Waals surface area (Å²) in [6.45, 7) is 2.68. The smallest absolute Gasteiger partial charge is 0.237 e. The fraction of sp³-hybridized carbons (Fsp3) is 0.400. The first-order chi connectivity index (χ1) is 11.1. The van der Waals surface area contributed by atoms with Crippen molar-refractivity contribution in [2.24, 2.45) is 0 Å². The summed E-state index contributed by atoms with van der Waals surface area (Å²) < 4.78 is 1.72. The molecule has 0 saturated heterocycles. The lowest BCUT2D eigenvalue weighted by Crippen LogP contribution is -2.31. The van der Waals surface area contributed by atoms with Crippen molar-refractivity contribution in [2.45, 2.75) is 31.3 Å². The van der Waals surface area contributed by atoms with E-state index < -0.39 is 0 Å². The second kappa shape index (κ2) is 7.11. The molecule has 3 rings (SSSR count). The summed E-state index contributed by atoms with van der Waals surface area (Å²) in [7, 11) is 0. The van der Waals surface area contributed by atoms with Crippen molar-refractivity contribution in [3.05, 3.63) is 34.1 Å². The number of aromatic nitrogens is 3. The first kappa shape index (κ1) is 16.6. The molecule has 23 heavy (non-hydrogen) atoms. The first-order valence-electron chi connectivity index (χ1n) is 7.42. The molecule has 0 unspecified atom stereocenters. The van der Waals surface area contributed by atoms with Crippen LogP contribution < -0.4 is 0 Å². The Labute approximate surface area is 148 Å². The third-order valence-corrected chi connectivity index (χ3v) is 5.11. The third-order valence-electron chi connectivity index (χ3n) is 3.70. The van der Waals surface area contributed by atoms with Crippen molar-refractivity contribution < 1.29 is 4.79 Å². The van der Waals surface area contributed by atoms with E-state index in [0.29, 0.717) is 33.1 Å². The van der Waals surface area contributed by atoms with Gasteiger partial charge in [-0.15, -0.1) is 10.2 Å². The molecule has 0 fully saturated rings. The number of nitrogens with zero attached hydrogens (tertiary/aromatic N) is 4. The second-order valence-corrected chi connectivity index (χ2v) is 6.98. The molecule has 0 saturated carbocycles. The Morgan fingerprint density at radius 3 is 2.96 bits per heavy atom. The highest BCUT2D eigenvalue weighted by Gasteiger charge is 2.20. The molecule has 0 spiro atoms. The van der Waals surface area contributed by atoms with Gasteiger partial charge in [0.15, 0.2) is 10.8 Å². The van der Waals surface area contributed by atoms with Crippen LogP contribution in [-0.2, 0) is 4.79 Å². The van der Waals surface area contributed by atoms with Crippen molar-refractivity contribution in [1.82, 2.24) is 19.5 Å². The Kier molecular flexibility index (Phi) is 5.14. The number of amides is 1. The number of rotatable bonds is 5. The molecule has 5 nitrogen and oxygen atoms in total. The van der Waals surface area contributed by atoms with Crippen LogP contribution in [0.5, 0.6) is 0 Å². The zero-order valence-electron chi connectivity index (χ0n) is 12.6. The topological polar surface area (TPSA) is 50.5 Å². The van der Waals surface area contributed by atoms with Crippen LogP contribution >= 0.6 is 35.0 Å². The molecule has 0 aliphatic heterocycles. The average Bonchev–Trinajstić information content (AvgIpc) is 3.16. The third kappa shape index (κ3) is 3.49. The van der Waals surface area contributed by atoms with Gasteiger partial charge in [-0.25, -0.2) is 0 Å². The lowest BCUT2D eigenvalue weighted by atomic mass is 10.3. The van der Waals surface area contributed by atoms with Gasteiger partial charge >= 0.3 is 0 Å². The maximum atomic E-state index is 12.5. The molecule has 1 amide bonds. The highest BCUT2D eigenvalue weighted by atomic mass is 35.5. The average molecular weight is 371 g/mol. The van der Waals surface area contributed by atoms with Crippen LogP contribution in [0, 0.1) is 0 Å². The SMILES string of the molecule is CCN(C(=O)CSc1nnc2c(Cl)cc(Cl)cn12)C1=CCCC1. The van der Waals surface area contributed by atoms with Crippen LogP contribution in [0.3, 0.4) is 0 Å². The molecular formula is C15H16Cl2N4OS. The highest BCUT2D eigenvalue weighted by Crippen LogP contribution is 2.26. The number of fused-ring (bicyclic) bond motifs is 1. The zero-order valence-corrected chi connectivity index (χ0v) is 15.0. The van der Waals surface area contributed by atoms with E-state index in [-0.39, 0.29) is 5.91 Å². The van der Waals surface area contributed by atoms with E-state index in [1.165, 1.54) is 11.8 Å². The predicted molar refractivity (Wildman–Crippen MR) is 93.1 cm³/mol. The van der Waals surface area contributed by atoms with E-state index in [1.807, 2.05) is 11.8 Å². The predicted octanol–water partition coefficient (Wildman–Crippen LogP) is 4.04. The summed E-state index contributed by atoms with van der Waals surface area (Å²) >= 11 is 13.5. The zero-order chi connectivity index (χ0) is 16.4. The van der Waals surface area contributed by atoms with Gasteiger partial charge in [0.2, 0.25) is 5.91 Å². The molecule has 2 aromatic rings. The molecular weight excluding hydrogens is 355 g/mol. The maximum absolute atomic E-state index is 12.5. The second-order valence-electron chi connectivity index (χ2n) is 5.20. The first-order valence-corrected chi connectivity index (χ1v) is 9.16. The van der Waals surface area contributed by atoms with Crippen molar-refractivity contribution in [2.75, 3.05) is 12.3 Å². The minimum Gasteiger partial charge on any atom is -0.316 e. The largest absolute Gasteiger partial charge is 0.316 e. The lowest BCUT2D eigenvalue weighted by molar-refractivity contribution is -0.126. The number of hydrogen-bond acceptors (Lipinski definition) is 4. The molecule has 0 bridgehead atoms. The molecule has 0 aromatic carbocycles. The van der Waals surface area contributed by atoms with E-state index in [2.05, 4.69) is 16.3 Å². The van der Waals surface area contributed by atoms with Gasteiger partial charge in [-0.05, 0) is 32.3 Å². The van der Waals surface area contributed by atoms with Crippen molar-refractivity contribution in [1.29, 1.82) is 0 Å². The Bertz CT molecular complexity index is 774. The van der Waals surface area contributed by atoms with Crippen LogP contribution in [0.25, 0.3) is 5.65 Å². The van der Waals surface area contributed by atoms with Crippen molar-refractivity contribution in [3.63, 3.8) is 0 Å². The molecule has 2 aromatic heterocycles. The van der Waals surface area contributed by atoms with Crippen LogP contribution in [0.15, 0.2) is 29.2 Å². The van der Waals surface area contributed by atoms with E-state index >= 15 is 0 Å². The van der Waals surface area contributed by atoms with Crippen molar-refractivity contribution in [3.8, 4) is 0 Å². The maximum Gasteiger partial charge on any atom is 0.237 e. The Balaban J connectivity index is 1.74. The molecule has 0 N–H and O–H groups in total. The van der Waals surface area contributed by atoms with Gasteiger partial charge < -0.3 is 4.90 Å². The Hall–Kier alpha value is -1.24. The number of carbonyl (C=O) groups excluding carboxylic acids is 1. The minimum absolute atomic E-state index is 0.0792. The van der Waals surface area contributed by atoms with Gasteiger partial charge in [0.1, 0.15) is 0 Å². The van der Waals surface area contributed by atoms with E-state index in [4.69, 9.17) is 23.2 Å². The van der Waals surface area contributed by atoms with Gasteiger partial charge in [0, 0.05) is 18.4 Å². The standard InChI is InChI=1S/C15H16Cl2N4OS/c1-2-20(11-5-3-4-6-11)13(22)9-23-15-19-18-14-12(17)7-10(16)8-21(14)15/h5,7-8H,2-4,6,9H2,1H3. The number of allylic oxidation sites excluding steroid dienone is 2. The Morgan fingerprint density at radius 1 is 1.43 bits per heavy atom. The monoisotopic (exact) mass is 370 g/mol. The number of carbonyl (C=O) groups is 1. The quantitative estimate of drug-likeness (QED) is 0.745. The number of thioether (sulfide) groups is 1. The summed E-state index contributed by atoms with van der Waals surface area (Å²) in [6.07, 6.45) is 7.00. The summed E-state index contributed by atoms with van der Waals surface area (Å²) in [6, 6.07) is 1.62. The van der Waals surface area contributed by atoms with Crippen LogP contribution in [-0.4, -0.2) is 37.7 Å². The summed E-state index contributed by atoms with van der Waals surface area (Å²) in [4.78, 5) is 14.3. The summed E-state index contributed by atoms with van der Waals surface area (Å²) in [5.41, 5.74) is 1.67. The van der Waals surface area contributed by atoms with Gasteiger partial charge in [-0.1, -0.05) is 41.0 Å². The lowest BCUT2D eigenvalue weighted by Gasteiger charge is -2.21. The molecule has 1 aliphatic rings.